The molecule has 0 aromatic rings. The second-order valence-corrected chi connectivity index (χ2v) is 1.69. The number of ether oxygens (including phenoxy) is 1. The van der Waals surface area contributed by atoms with Crippen molar-refractivity contribution in [3.05, 3.63) is 12.7 Å². The van der Waals surface area contributed by atoms with E-state index in [0.29, 0.717) is 6.61 Å². The van der Waals surface area contributed by atoms with Crippen molar-refractivity contribution < 1.29 is 30.6 Å². The number of hydrogen-bond acceptors (Lipinski definition) is 2. The average molecular weight is 282 g/mol. The number of carbonyl (C=O) groups excluding carboxylic acids is 1. The van der Waals surface area contributed by atoms with Crippen LogP contribution in [0, 0.1) is 0 Å². The van der Waals surface area contributed by atoms with Crippen LogP contribution in [0.1, 0.15) is 0 Å². The summed E-state index contributed by atoms with van der Waals surface area (Å²) in [5, 5.41) is 0. The normalized spacial score (nSPS) is 7.71. The minimum absolute atomic E-state index is 0.301. The molecule has 0 aromatic carbocycles. The third-order valence-corrected chi connectivity index (χ3v) is 0.616. The van der Waals surface area contributed by atoms with E-state index in [-0.39, 0.29) is 4.19 Å². The van der Waals surface area contributed by atoms with Crippen LogP contribution in [-0.4, -0.2) is 10.8 Å². The fourth-order valence-corrected chi connectivity index (χ4v) is 0.299. The first kappa shape index (κ1) is 6.95. The van der Waals surface area contributed by atoms with Crippen molar-refractivity contribution in [1.29, 1.82) is 0 Å². The molecule has 0 saturated carbocycles. The summed E-state index contributed by atoms with van der Waals surface area (Å²) in [7, 11) is 0. The molecule has 0 aliphatic heterocycles. The summed E-state index contributed by atoms with van der Waals surface area (Å²) in [4.78, 5) is 9.91. The van der Waals surface area contributed by atoms with Gasteiger partial charge in [0, 0.05) is 0 Å². The van der Waals surface area contributed by atoms with Gasteiger partial charge in [0.05, 0.1) is 0 Å². The van der Waals surface area contributed by atoms with Gasteiger partial charge in [-0.1, -0.05) is 0 Å². The molecule has 0 saturated heterocycles. The van der Waals surface area contributed by atoms with Crippen LogP contribution in [0.25, 0.3) is 0 Å². The maximum atomic E-state index is 9.91. The maximum absolute atomic E-state index is 9.91. The van der Waals surface area contributed by atoms with Crippen LogP contribution in [0.5, 0.6) is 0 Å². The van der Waals surface area contributed by atoms with Gasteiger partial charge in [-0.15, -0.1) is 0 Å². The third-order valence-electron chi connectivity index (χ3n) is 0.304. The summed E-state index contributed by atoms with van der Waals surface area (Å²) >= 11 is 1.72. The van der Waals surface area contributed by atoms with Gasteiger partial charge in [-0.25, -0.2) is 0 Å². The zero-order chi connectivity index (χ0) is 5.70. The summed E-state index contributed by atoms with van der Waals surface area (Å²) in [5.41, 5.74) is 0. The molecule has 0 amide bonds. The molecule has 0 radical (unpaired) electrons. The molecular formula is C4H5AuO2. The molecule has 7 heavy (non-hydrogen) atoms. The molecule has 0 rings (SSSR count). The molecule has 0 aliphatic carbocycles. The van der Waals surface area contributed by atoms with Crippen LogP contribution < -0.4 is 0 Å². The first-order valence-corrected chi connectivity index (χ1v) is 2.75. The first-order chi connectivity index (χ1) is 3.27. The van der Waals surface area contributed by atoms with Gasteiger partial charge in [-0.2, -0.15) is 0 Å². The van der Waals surface area contributed by atoms with E-state index in [2.05, 4.69) is 11.3 Å². The molecule has 0 N–H and O–H groups in total. The topological polar surface area (TPSA) is 26.3 Å². The van der Waals surface area contributed by atoms with Gasteiger partial charge >= 0.3 is 54.0 Å². The molecule has 0 bridgehead atoms. The van der Waals surface area contributed by atoms with Crippen LogP contribution >= 0.6 is 0 Å². The van der Waals surface area contributed by atoms with Gasteiger partial charge in [-0.05, 0) is 0 Å². The monoisotopic (exact) mass is 282 g/mol. The third kappa shape index (κ3) is 5.95. The van der Waals surface area contributed by atoms with E-state index in [1.807, 2.05) is 0 Å². The van der Waals surface area contributed by atoms with Crippen LogP contribution in [0.4, 0.5) is 4.79 Å². The Morgan fingerprint density at radius 3 is 2.71 bits per heavy atom. The zero-order valence-electron chi connectivity index (χ0n) is 3.61. The van der Waals surface area contributed by atoms with E-state index >= 15 is 0 Å². The molecule has 0 unspecified atom stereocenters. The Morgan fingerprint density at radius 2 is 2.57 bits per heavy atom. The van der Waals surface area contributed by atoms with Crippen LogP contribution in [-0.2, 0) is 25.8 Å². The van der Waals surface area contributed by atoms with Gasteiger partial charge in [0.1, 0.15) is 0 Å². The quantitative estimate of drug-likeness (QED) is 0.554. The minimum atomic E-state index is -0.320. The molecule has 0 heterocycles. The van der Waals surface area contributed by atoms with E-state index in [1.54, 1.807) is 21.1 Å². The van der Waals surface area contributed by atoms with Crippen LogP contribution in [0.15, 0.2) is 12.7 Å². The van der Waals surface area contributed by atoms with E-state index in [1.165, 1.54) is 6.08 Å². The Bertz CT molecular complexity index is 79.8. The van der Waals surface area contributed by atoms with Crippen molar-refractivity contribution in [2.75, 3.05) is 6.61 Å². The van der Waals surface area contributed by atoms with Crippen molar-refractivity contribution in [1.82, 2.24) is 0 Å². The van der Waals surface area contributed by atoms with Crippen LogP contribution in [0.2, 0.25) is 0 Å². The van der Waals surface area contributed by atoms with Crippen molar-refractivity contribution in [2.45, 2.75) is 0 Å². The Hall–Kier alpha value is -0.0497. The number of hydrogen-bond donors (Lipinski definition) is 0. The molecular weight excluding hydrogens is 277 g/mol. The Morgan fingerprint density at radius 1 is 2.00 bits per heavy atom. The van der Waals surface area contributed by atoms with Gasteiger partial charge in [0.15, 0.2) is 0 Å². The summed E-state index contributed by atoms with van der Waals surface area (Å²) < 4.78 is 4.09. The van der Waals surface area contributed by atoms with Gasteiger partial charge in [0.25, 0.3) is 0 Å². The van der Waals surface area contributed by atoms with E-state index < -0.39 is 0 Å². The van der Waals surface area contributed by atoms with Crippen molar-refractivity contribution in [3.63, 3.8) is 0 Å². The Kier molecular flexibility index (Phi) is 4.09. The molecule has 44 valence electrons. The fraction of sp³-hybridized carbons (Fsp3) is 0.250. The molecule has 0 aliphatic rings. The van der Waals surface area contributed by atoms with E-state index in [9.17, 15) is 4.79 Å². The Labute approximate surface area is 54.5 Å². The molecule has 3 heteroatoms. The van der Waals surface area contributed by atoms with Gasteiger partial charge < -0.3 is 0 Å². The van der Waals surface area contributed by atoms with E-state index in [4.69, 9.17) is 0 Å². The second kappa shape index (κ2) is 4.12. The molecule has 0 fully saturated rings. The summed E-state index contributed by atoms with van der Waals surface area (Å²) in [5.74, 6) is 0. The fourth-order valence-electron chi connectivity index (χ4n) is 0.118. The molecule has 0 atom stereocenters. The summed E-state index contributed by atoms with van der Waals surface area (Å²) in [6.45, 7) is 3.65. The van der Waals surface area contributed by atoms with Crippen LogP contribution in [0.3, 0.4) is 0 Å². The summed E-state index contributed by atoms with van der Waals surface area (Å²) in [6.07, 6.45) is 1.52. The SMILES string of the molecule is C=CCO[C](=O)[Au]. The van der Waals surface area contributed by atoms with Gasteiger partial charge in [0.2, 0.25) is 0 Å². The predicted octanol–water partition coefficient (Wildman–Crippen LogP) is 0.856. The molecule has 0 spiro atoms. The summed E-state index contributed by atoms with van der Waals surface area (Å²) in [6, 6.07) is 0. The van der Waals surface area contributed by atoms with Crippen molar-refractivity contribution >= 4 is 4.19 Å². The number of carbonyl (C=O) groups is 1. The second-order valence-electron chi connectivity index (χ2n) is 0.806. The standard InChI is InChI=1S/C4H5O2.Au/c1-2-3-6-4-5;/h2H,1,3H2;. The zero-order valence-corrected chi connectivity index (χ0v) is 5.78. The van der Waals surface area contributed by atoms with Crippen molar-refractivity contribution in [2.24, 2.45) is 0 Å². The Balaban J connectivity index is 2.97. The average Bonchev–Trinajstić information content (AvgIpc) is 1.61. The van der Waals surface area contributed by atoms with Crippen molar-refractivity contribution in [3.8, 4) is 0 Å². The van der Waals surface area contributed by atoms with E-state index in [0.717, 1.165) is 0 Å². The predicted molar refractivity (Wildman–Crippen MR) is 21.5 cm³/mol. The first-order valence-electron chi connectivity index (χ1n) is 1.66. The molecule has 0 aromatic heterocycles. The number of rotatable bonds is 2. The molecule has 2 nitrogen and oxygen atoms in total. The van der Waals surface area contributed by atoms with Gasteiger partial charge in [-0.3, -0.25) is 0 Å².